The molecule has 0 radical (unpaired) electrons. The molecular weight excluding hydrogens is 252 g/mol. The highest BCUT2D eigenvalue weighted by Gasteiger charge is 2.43. The van der Waals surface area contributed by atoms with Gasteiger partial charge in [0.15, 0.2) is 0 Å². The molecule has 3 unspecified atom stereocenters. The van der Waals surface area contributed by atoms with Crippen molar-refractivity contribution >= 4 is 5.91 Å². The molecule has 0 bridgehead atoms. The number of fused-ring (bicyclic) bond motifs is 1. The number of nitrogens with one attached hydrogen (secondary N) is 1. The predicted molar refractivity (Wildman–Crippen MR) is 78.3 cm³/mol. The second-order valence-electron chi connectivity index (χ2n) is 7.05. The Balaban J connectivity index is 1.54. The van der Waals surface area contributed by atoms with E-state index in [0.717, 1.165) is 51.9 Å². The zero-order chi connectivity index (χ0) is 14.0. The van der Waals surface area contributed by atoms with Gasteiger partial charge in [-0.2, -0.15) is 0 Å². The average molecular weight is 280 g/mol. The molecule has 4 heteroatoms. The molecule has 3 aliphatic rings. The quantitative estimate of drug-likeness (QED) is 0.806. The van der Waals surface area contributed by atoms with Crippen molar-refractivity contribution in [3.63, 3.8) is 0 Å². The number of amides is 1. The fraction of sp³-hybridized carbons (Fsp3) is 0.938. The molecule has 0 aromatic rings. The summed E-state index contributed by atoms with van der Waals surface area (Å²) in [5.74, 6) is 1.15. The van der Waals surface area contributed by atoms with Crippen LogP contribution in [-0.4, -0.2) is 47.7 Å². The van der Waals surface area contributed by atoms with Gasteiger partial charge < -0.3 is 15.3 Å². The van der Waals surface area contributed by atoms with Gasteiger partial charge in [-0.25, -0.2) is 0 Å². The van der Waals surface area contributed by atoms with Crippen LogP contribution in [0.25, 0.3) is 0 Å². The molecule has 2 saturated heterocycles. The van der Waals surface area contributed by atoms with Gasteiger partial charge in [0.05, 0.1) is 5.60 Å². The molecule has 2 heterocycles. The molecule has 3 fully saturated rings. The Morgan fingerprint density at radius 2 is 2.15 bits per heavy atom. The first-order valence-corrected chi connectivity index (χ1v) is 8.38. The van der Waals surface area contributed by atoms with Crippen LogP contribution in [0.5, 0.6) is 0 Å². The van der Waals surface area contributed by atoms with Gasteiger partial charge in [-0.3, -0.25) is 4.79 Å². The Bertz CT molecular complexity index is 354. The van der Waals surface area contributed by atoms with Gasteiger partial charge in [0.1, 0.15) is 0 Å². The average Bonchev–Trinajstić information content (AvgIpc) is 2.47. The lowest BCUT2D eigenvalue weighted by atomic mass is 9.71. The van der Waals surface area contributed by atoms with Crippen molar-refractivity contribution in [3.8, 4) is 0 Å². The molecule has 1 aliphatic carbocycles. The van der Waals surface area contributed by atoms with Crippen molar-refractivity contribution in [2.24, 2.45) is 11.8 Å². The topological polar surface area (TPSA) is 52.6 Å². The highest BCUT2D eigenvalue weighted by atomic mass is 16.3. The van der Waals surface area contributed by atoms with Gasteiger partial charge in [0.2, 0.25) is 5.91 Å². The number of piperidine rings is 2. The number of hydrogen-bond acceptors (Lipinski definition) is 3. The molecule has 1 amide bonds. The largest absolute Gasteiger partial charge is 0.389 e. The van der Waals surface area contributed by atoms with Crippen molar-refractivity contribution in [1.82, 2.24) is 10.2 Å². The molecule has 2 N–H and O–H groups in total. The van der Waals surface area contributed by atoms with E-state index >= 15 is 0 Å². The highest BCUT2D eigenvalue weighted by molar-refractivity contribution is 5.76. The normalized spacial score (nSPS) is 38.4. The number of carbonyl (C=O) groups is 1. The minimum atomic E-state index is -0.471. The zero-order valence-electron chi connectivity index (χ0n) is 12.4. The number of likely N-dealkylation sites (tertiary alicyclic amines) is 1. The van der Waals surface area contributed by atoms with Crippen molar-refractivity contribution in [3.05, 3.63) is 0 Å². The maximum absolute atomic E-state index is 12.5. The van der Waals surface area contributed by atoms with E-state index in [2.05, 4.69) is 5.32 Å². The lowest BCUT2D eigenvalue weighted by Gasteiger charge is -2.47. The fourth-order valence-electron chi connectivity index (χ4n) is 4.27. The van der Waals surface area contributed by atoms with Crippen LogP contribution in [0.4, 0.5) is 0 Å². The van der Waals surface area contributed by atoms with Gasteiger partial charge in [-0.15, -0.1) is 0 Å². The van der Waals surface area contributed by atoms with E-state index in [1.54, 1.807) is 0 Å². The summed E-state index contributed by atoms with van der Waals surface area (Å²) in [6.07, 6.45) is 8.23. The maximum atomic E-state index is 12.5. The van der Waals surface area contributed by atoms with Gasteiger partial charge in [0, 0.05) is 25.4 Å². The molecule has 20 heavy (non-hydrogen) atoms. The van der Waals surface area contributed by atoms with Crippen LogP contribution in [0.2, 0.25) is 0 Å². The molecule has 114 valence electrons. The first-order chi connectivity index (χ1) is 9.67. The third-order valence-corrected chi connectivity index (χ3v) is 5.64. The van der Waals surface area contributed by atoms with Gasteiger partial charge >= 0.3 is 0 Å². The van der Waals surface area contributed by atoms with Crippen LogP contribution in [-0.2, 0) is 4.79 Å². The van der Waals surface area contributed by atoms with Crippen LogP contribution >= 0.6 is 0 Å². The lowest BCUT2D eigenvalue weighted by molar-refractivity contribution is -0.144. The second-order valence-corrected chi connectivity index (χ2v) is 7.05. The van der Waals surface area contributed by atoms with Crippen molar-refractivity contribution in [2.75, 3.05) is 26.2 Å². The van der Waals surface area contributed by atoms with Crippen LogP contribution in [0.3, 0.4) is 0 Å². The summed E-state index contributed by atoms with van der Waals surface area (Å²) >= 11 is 0. The molecule has 3 rings (SSSR count). The third kappa shape index (κ3) is 3.01. The van der Waals surface area contributed by atoms with E-state index < -0.39 is 5.60 Å². The maximum Gasteiger partial charge on any atom is 0.222 e. The van der Waals surface area contributed by atoms with Crippen molar-refractivity contribution in [2.45, 2.75) is 57.0 Å². The summed E-state index contributed by atoms with van der Waals surface area (Å²) in [4.78, 5) is 14.5. The molecule has 1 saturated carbocycles. The molecule has 3 atom stereocenters. The number of nitrogens with zero attached hydrogens (tertiary/aromatic N) is 1. The van der Waals surface area contributed by atoms with Crippen LogP contribution < -0.4 is 5.32 Å². The summed E-state index contributed by atoms with van der Waals surface area (Å²) in [6.45, 7) is 3.64. The Hall–Kier alpha value is -0.610. The summed E-state index contributed by atoms with van der Waals surface area (Å²) < 4.78 is 0. The van der Waals surface area contributed by atoms with E-state index in [9.17, 15) is 9.90 Å². The number of aliphatic hydroxyl groups is 1. The van der Waals surface area contributed by atoms with E-state index in [1.807, 2.05) is 4.90 Å². The van der Waals surface area contributed by atoms with Gasteiger partial charge in [-0.05, 0) is 51.1 Å². The van der Waals surface area contributed by atoms with Gasteiger partial charge in [-0.1, -0.05) is 12.8 Å². The van der Waals surface area contributed by atoms with Crippen molar-refractivity contribution in [1.29, 1.82) is 0 Å². The van der Waals surface area contributed by atoms with E-state index in [0.29, 0.717) is 24.2 Å². The van der Waals surface area contributed by atoms with E-state index in [-0.39, 0.29) is 0 Å². The monoisotopic (exact) mass is 280 g/mol. The Morgan fingerprint density at radius 3 is 2.95 bits per heavy atom. The third-order valence-electron chi connectivity index (χ3n) is 5.64. The SMILES string of the molecule is O=C(CC1CCCNC1)N1CCC2(O)CCCCC2C1. The van der Waals surface area contributed by atoms with Gasteiger partial charge in [0.25, 0.3) is 0 Å². The zero-order valence-corrected chi connectivity index (χ0v) is 12.4. The highest BCUT2D eigenvalue weighted by Crippen LogP contribution is 2.40. The standard InChI is InChI=1S/C16H28N2O2/c19-15(10-13-4-3-8-17-11-13)18-9-7-16(20)6-2-1-5-14(16)12-18/h13-14,17,20H,1-12H2. The minimum Gasteiger partial charge on any atom is -0.389 e. The summed E-state index contributed by atoms with van der Waals surface area (Å²) in [5, 5.41) is 14.0. The molecule has 2 aliphatic heterocycles. The Morgan fingerprint density at radius 1 is 1.25 bits per heavy atom. The molecule has 0 aromatic carbocycles. The Kier molecular flexibility index (Phi) is 4.32. The first kappa shape index (κ1) is 14.3. The second kappa shape index (κ2) is 6.02. The van der Waals surface area contributed by atoms with Crippen LogP contribution in [0, 0.1) is 11.8 Å². The number of rotatable bonds is 2. The lowest BCUT2D eigenvalue weighted by Crippen LogP contribution is -2.55. The Labute approximate surface area is 121 Å². The molecule has 0 spiro atoms. The van der Waals surface area contributed by atoms with Crippen molar-refractivity contribution < 1.29 is 9.90 Å². The van der Waals surface area contributed by atoms with E-state index in [4.69, 9.17) is 0 Å². The molecular formula is C16H28N2O2. The fourth-order valence-corrected chi connectivity index (χ4v) is 4.27. The predicted octanol–water partition coefficient (Wildman–Crippen LogP) is 1.53. The number of carbonyl (C=O) groups excluding carboxylic acids is 1. The van der Waals surface area contributed by atoms with Crippen LogP contribution in [0.1, 0.15) is 51.4 Å². The number of hydrogen-bond donors (Lipinski definition) is 2. The minimum absolute atomic E-state index is 0.311. The molecule has 4 nitrogen and oxygen atoms in total. The smallest absolute Gasteiger partial charge is 0.222 e. The first-order valence-electron chi connectivity index (χ1n) is 8.38. The van der Waals surface area contributed by atoms with E-state index in [1.165, 1.54) is 19.3 Å². The summed E-state index contributed by atoms with van der Waals surface area (Å²) in [5.41, 5.74) is -0.471. The van der Waals surface area contributed by atoms with Crippen LogP contribution in [0.15, 0.2) is 0 Å². The molecule has 0 aromatic heterocycles. The summed E-state index contributed by atoms with van der Waals surface area (Å²) in [6, 6.07) is 0. The summed E-state index contributed by atoms with van der Waals surface area (Å²) in [7, 11) is 0.